The number of aliphatic hydroxyl groups excluding tert-OH is 1. The molecule has 1 aromatic heterocycles. The normalized spacial score (nSPS) is 31.1. The number of likely N-dealkylation sites (tertiary alicyclic amines) is 1. The molecular formula is C16H22N2O4. The van der Waals surface area contributed by atoms with Gasteiger partial charge in [-0.05, 0) is 32.6 Å². The standard InChI is InChI=1S/C16H22N2O4/c1-10-7-13(20)12(9-17-10)15(21)18-6-5-16(22-2)4-3-11(19)8-14(16)18/h7,9,11,14,19H,3-6,8H2,1-2H3,(H,17,20)/t11-,14-,16+/m0/s1. The first-order valence-electron chi connectivity index (χ1n) is 7.70. The lowest BCUT2D eigenvalue weighted by atomic mass is 9.79. The van der Waals surface area contributed by atoms with Crippen molar-refractivity contribution in [2.75, 3.05) is 13.7 Å². The zero-order valence-corrected chi connectivity index (χ0v) is 13.0. The molecular weight excluding hydrogens is 284 g/mol. The van der Waals surface area contributed by atoms with E-state index in [0.717, 1.165) is 18.5 Å². The van der Waals surface area contributed by atoms with Crippen LogP contribution in [0.5, 0.6) is 0 Å². The van der Waals surface area contributed by atoms with E-state index in [4.69, 9.17) is 4.74 Å². The number of nitrogens with one attached hydrogen (secondary N) is 1. The first kappa shape index (κ1) is 15.2. The summed E-state index contributed by atoms with van der Waals surface area (Å²) in [5, 5.41) is 9.97. The van der Waals surface area contributed by atoms with E-state index in [-0.39, 0.29) is 28.5 Å². The Labute approximate surface area is 129 Å². The Bertz CT molecular complexity index is 641. The molecule has 2 heterocycles. The summed E-state index contributed by atoms with van der Waals surface area (Å²) in [5.74, 6) is -0.278. The quantitative estimate of drug-likeness (QED) is 0.848. The fraction of sp³-hybridized carbons (Fsp3) is 0.625. The van der Waals surface area contributed by atoms with Crippen molar-refractivity contribution in [1.29, 1.82) is 0 Å². The van der Waals surface area contributed by atoms with Gasteiger partial charge in [0, 0.05) is 31.6 Å². The Kier molecular flexibility index (Phi) is 3.82. The van der Waals surface area contributed by atoms with Gasteiger partial charge < -0.3 is 19.7 Å². The number of hydrogen-bond donors (Lipinski definition) is 2. The highest BCUT2D eigenvalue weighted by Gasteiger charge is 2.52. The van der Waals surface area contributed by atoms with Gasteiger partial charge in [0.1, 0.15) is 5.56 Å². The summed E-state index contributed by atoms with van der Waals surface area (Å²) in [7, 11) is 1.66. The third-order valence-electron chi connectivity index (χ3n) is 5.11. The minimum absolute atomic E-state index is 0.151. The number of carbonyl (C=O) groups excluding carboxylic acids is 1. The number of rotatable bonds is 2. The zero-order chi connectivity index (χ0) is 15.9. The van der Waals surface area contributed by atoms with Crippen LogP contribution in [0.2, 0.25) is 0 Å². The van der Waals surface area contributed by atoms with Gasteiger partial charge in [0.05, 0.1) is 17.7 Å². The molecule has 22 heavy (non-hydrogen) atoms. The van der Waals surface area contributed by atoms with E-state index in [1.165, 1.54) is 12.3 Å². The van der Waals surface area contributed by atoms with Crippen LogP contribution in [0.3, 0.4) is 0 Å². The molecule has 6 nitrogen and oxygen atoms in total. The van der Waals surface area contributed by atoms with Crippen molar-refractivity contribution in [2.45, 2.75) is 50.4 Å². The Balaban J connectivity index is 1.91. The number of aliphatic hydroxyl groups is 1. The van der Waals surface area contributed by atoms with Crippen LogP contribution in [-0.4, -0.2) is 52.3 Å². The minimum Gasteiger partial charge on any atom is -0.393 e. The monoisotopic (exact) mass is 306 g/mol. The summed E-state index contributed by atoms with van der Waals surface area (Å²) in [4.78, 5) is 29.5. The molecule has 0 radical (unpaired) electrons. The van der Waals surface area contributed by atoms with Gasteiger partial charge in [-0.2, -0.15) is 0 Å². The number of hydrogen-bond acceptors (Lipinski definition) is 4. The molecule has 1 aliphatic carbocycles. The molecule has 0 bridgehead atoms. The van der Waals surface area contributed by atoms with E-state index in [2.05, 4.69) is 4.98 Å². The Morgan fingerprint density at radius 3 is 2.95 bits per heavy atom. The smallest absolute Gasteiger partial charge is 0.259 e. The topological polar surface area (TPSA) is 82.6 Å². The van der Waals surface area contributed by atoms with Gasteiger partial charge in [0.15, 0.2) is 5.43 Å². The molecule has 1 amide bonds. The van der Waals surface area contributed by atoms with Crippen molar-refractivity contribution in [1.82, 2.24) is 9.88 Å². The van der Waals surface area contributed by atoms with E-state index in [9.17, 15) is 14.7 Å². The predicted octanol–water partition coefficient (Wildman–Crippen LogP) is 0.828. The van der Waals surface area contributed by atoms with E-state index >= 15 is 0 Å². The number of fused-ring (bicyclic) bond motifs is 1. The molecule has 1 saturated carbocycles. The number of aryl methyl sites for hydroxylation is 1. The van der Waals surface area contributed by atoms with Crippen molar-refractivity contribution in [2.24, 2.45) is 0 Å². The van der Waals surface area contributed by atoms with Crippen molar-refractivity contribution in [3.63, 3.8) is 0 Å². The number of ether oxygens (including phenoxy) is 1. The highest BCUT2D eigenvalue weighted by atomic mass is 16.5. The van der Waals surface area contributed by atoms with E-state index in [0.29, 0.717) is 19.4 Å². The van der Waals surface area contributed by atoms with Crippen LogP contribution in [0.1, 0.15) is 41.7 Å². The lowest BCUT2D eigenvalue weighted by Crippen LogP contribution is -2.53. The first-order valence-corrected chi connectivity index (χ1v) is 7.70. The number of pyridine rings is 1. The van der Waals surface area contributed by atoms with Crippen LogP contribution in [0.15, 0.2) is 17.1 Å². The molecule has 3 rings (SSSR count). The summed E-state index contributed by atoms with van der Waals surface area (Å²) in [6, 6.07) is 1.26. The maximum absolute atomic E-state index is 12.8. The molecule has 0 unspecified atom stereocenters. The maximum atomic E-state index is 12.8. The average molecular weight is 306 g/mol. The number of aromatic nitrogens is 1. The van der Waals surface area contributed by atoms with Gasteiger partial charge in [-0.3, -0.25) is 9.59 Å². The van der Waals surface area contributed by atoms with Gasteiger partial charge >= 0.3 is 0 Å². The Hall–Kier alpha value is -1.66. The van der Waals surface area contributed by atoms with Gasteiger partial charge in [0.2, 0.25) is 0 Å². The van der Waals surface area contributed by atoms with E-state index in [1.54, 1.807) is 18.9 Å². The highest BCUT2D eigenvalue weighted by Crippen LogP contribution is 2.42. The van der Waals surface area contributed by atoms with Gasteiger partial charge in [-0.25, -0.2) is 0 Å². The fourth-order valence-corrected chi connectivity index (χ4v) is 3.81. The third-order valence-corrected chi connectivity index (χ3v) is 5.11. The second-order valence-electron chi connectivity index (χ2n) is 6.36. The number of amides is 1. The second-order valence-corrected chi connectivity index (χ2v) is 6.36. The molecule has 2 fully saturated rings. The van der Waals surface area contributed by atoms with Crippen LogP contribution < -0.4 is 5.43 Å². The predicted molar refractivity (Wildman–Crippen MR) is 80.8 cm³/mol. The molecule has 0 aromatic carbocycles. The summed E-state index contributed by atoms with van der Waals surface area (Å²) in [6.07, 6.45) is 3.74. The number of nitrogens with zero attached hydrogens (tertiary/aromatic N) is 1. The zero-order valence-electron chi connectivity index (χ0n) is 13.0. The van der Waals surface area contributed by atoms with Crippen LogP contribution >= 0.6 is 0 Å². The molecule has 1 aliphatic heterocycles. The third kappa shape index (κ3) is 2.36. The van der Waals surface area contributed by atoms with E-state index < -0.39 is 6.10 Å². The highest BCUT2D eigenvalue weighted by molar-refractivity contribution is 5.94. The molecule has 1 aromatic rings. The fourth-order valence-electron chi connectivity index (χ4n) is 3.81. The van der Waals surface area contributed by atoms with E-state index in [1.807, 2.05) is 0 Å². The minimum atomic E-state index is -0.419. The summed E-state index contributed by atoms with van der Waals surface area (Å²) in [5.41, 5.74) is 0.221. The van der Waals surface area contributed by atoms with Crippen molar-refractivity contribution in [3.8, 4) is 0 Å². The molecule has 120 valence electrons. The average Bonchev–Trinajstić information content (AvgIpc) is 2.86. The summed E-state index contributed by atoms with van der Waals surface area (Å²) < 4.78 is 5.73. The van der Waals surface area contributed by atoms with Gasteiger partial charge in [-0.15, -0.1) is 0 Å². The Morgan fingerprint density at radius 1 is 1.50 bits per heavy atom. The van der Waals surface area contributed by atoms with Crippen molar-refractivity contribution >= 4 is 5.91 Å². The SMILES string of the molecule is CO[C@@]12CC[C@H](O)C[C@@H]1N(C(=O)c1c[nH]c(C)cc1=O)CC2. The number of methoxy groups -OCH3 is 1. The number of H-pyrrole nitrogens is 1. The second kappa shape index (κ2) is 5.52. The molecule has 2 N–H and O–H groups in total. The van der Waals surface area contributed by atoms with Gasteiger partial charge in [0.25, 0.3) is 5.91 Å². The Morgan fingerprint density at radius 2 is 2.27 bits per heavy atom. The van der Waals surface area contributed by atoms with Crippen molar-refractivity contribution < 1.29 is 14.6 Å². The van der Waals surface area contributed by atoms with Crippen LogP contribution in [0.25, 0.3) is 0 Å². The maximum Gasteiger partial charge on any atom is 0.259 e. The summed E-state index contributed by atoms with van der Waals surface area (Å²) >= 11 is 0. The lowest BCUT2D eigenvalue weighted by Gasteiger charge is -2.42. The molecule has 6 heteroatoms. The molecule has 3 atom stereocenters. The first-order chi connectivity index (χ1) is 10.5. The van der Waals surface area contributed by atoms with Crippen LogP contribution in [-0.2, 0) is 4.74 Å². The van der Waals surface area contributed by atoms with Crippen LogP contribution in [0, 0.1) is 6.92 Å². The number of aromatic amines is 1. The van der Waals surface area contributed by atoms with Crippen molar-refractivity contribution in [3.05, 3.63) is 33.7 Å². The van der Waals surface area contributed by atoms with Crippen LogP contribution in [0.4, 0.5) is 0 Å². The molecule has 1 saturated heterocycles. The molecule has 2 aliphatic rings. The summed E-state index contributed by atoms with van der Waals surface area (Å²) in [6.45, 7) is 2.33. The lowest BCUT2D eigenvalue weighted by molar-refractivity contribution is -0.0824. The number of carbonyl (C=O) groups is 1. The molecule has 0 spiro atoms. The largest absolute Gasteiger partial charge is 0.393 e. The van der Waals surface area contributed by atoms with Gasteiger partial charge in [-0.1, -0.05) is 0 Å².